The molecule has 0 saturated carbocycles. The van der Waals surface area contributed by atoms with Crippen LogP contribution in [0.3, 0.4) is 0 Å². The summed E-state index contributed by atoms with van der Waals surface area (Å²) in [6, 6.07) is 0. The third kappa shape index (κ3) is 4.17. The van der Waals surface area contributed by atoms with E-state index in [9.17, 15) is 31.1 Å². The molecule has 0 aromatic heterocycles. The van der Waals surface area contributed by atoms with Crippen LogP contribution in [0.2, 0.25) is 0 Å². The summed E-state index contributed by atoms with van der Waals surface area (Å²) in [5.74, 6) is -0.210. The van der Waals surface area contributed by atoms with Gasteiger partial charge in [0.15, 0.2) is 0 Å². The molecule has 19 heavy (non-hydrogen) atoms. The largest absolute Gasteiger partial charge is 0.449 e. The van der Waals surface area contributed by atoms with E-state index in [2.05, 4.69) is 4.74 Å². The molecule has 1 N–H and O–H groups in total. The maximum absolute atomic E-state index is 12.6. The van der Waals surface area contributed by atoms with E-state index in [-0.39, 0.29) is 12.5 Å². The van der Waals surface area contributed by atoms with Crippen LogP contribution in [0.4, 0.5) is 31.1 Å². The molecular formula is C10H15F6NO2. The second kappa shape index (κ2) is 5.87. The van der Waals surface area contributed by atoms with Crippen molar-refractivity contribution in [3.05, 3.63) is 0 Å². The van der Waals surface area contributed by atoms with Gasteiger partial charge >= 0.3 is 18.4 Å². The van der Waals surface area contributed by atoms with E-state index in [0.717, 1.165) is 5.32 Å². The highest BCUT2D eigenvalue weighted by atomic mass is 19.4. The summed E-state index contributed by atoms with van der Waals surface area (Å²) in [4.78, 5) is 11.1. The van der Waals surface area contributed by atoms with E-state index in [1.54, 1.807) is 13.8 Å². The van der Waals surface area contributed by atoms with Crippen molar-refractivity contribution in [2.24, 2.45) is 5.92 Å². The number of nitrogens with one attached hydrogen (secondary N) is 1. The van der Waals surface area contributed by atoms with Gasteiger partial charge in [0.25, 0.3) is 0 Å². The predicted octanol–water partition coefficient (Wildman–Crippen LogP) is 3.64. The number of amides is 1. The van der Waals surface area contributed by atoms with Crippen LogP contribution in [0, 0.1) is 5.92 Å². The summed E-state index contributed by atoms with van der Waals surface area (Å²) in [5, 5.41) is 0.904. The van der Waals surface area contributed by atoms with Crippen LogP contribution in [-0.2, 0) is 4.74 Å². The maximum atomic E-state index is 12.6. The minimum atomic E-state index is -5.67. The first-order valence-corrected chi connectivity index (χ1v) is 5.45. The lowest BCUT2D eigenvalue weighted by atomic mass is 9.94. The molecule has 0 radical (unpaired) electrons. The van der Waals surface area contributed by atoms with Gasteiger partial charge in [0.1, 0.15) is 0 Å². The van der Waals surface area contributed by atoms with E-state index in [1.165, 1.54) is 0 Å². The summed E-state index contributed by atoms with van der Waals surface area (Å²) in [6.07, 6.45) is -14.5. The zero-order valence-corrected chi connectivity index (χ0v) is 10.6. The Morgan fingerprint density at radius 2 is 1.53 bits per heavy atom. The molecule has 114 valence electrons. The van der Waals surface area contributed by atoms with Crippen molar-refractivity contribution >= 4 is 6.09 Å². The molecule has 0 aliphatic heterocycles. The zero-order valence-electron chi connectivity index (χ0n) is 10.6. The Bertz CT molecular complexity index is 296. The van der Waals surface area contributed by atoms with E-state index < -0.39 is 30.4 Å². The van der Waals surface area contributed by atoms with E-state index >= 15 is 0 Å². The Balaban J connectivity index is 5.14. The monoisotopic (exact) mass is 295 g/mol. The first-order valence-electron chi connectivity index (χ1n) is 5.45. The number of carbonyl (C=O) groups is 1. The highest BCUT2D eigenvalue weighted by molar-refractivity contribution is 5.68. The zero-order chi connectivity index (χ0) is 15.5. The number of ether oxygens (including phenoxy) is 1. The van der Waals surface area contributed by atoms with E-state index in [1.807, 2.05) is 0 Å². The molecule has 0 fully saturated rings. The fourth-order valence-corrected chi connectivity index (χ4v) is 1.24. The topological polar surface area (TPSA) is 38.3 Å². The molecule has 9 heteroatoms. The Kier molecular flexibility index (Phi) is 5.52. The SMILES string of the molecule is CCC(NC(=O)OCC(C)C)(C(F)(F)F)C(F)(F)F. The average Bonchev–Trinajstić information content (AvgIpc) is 2.19. The van der Waals surface area contributed by atoms with Gasteiger partial charge in [-0.05, 0) is 12.3 Å². The predicted molar refractivity (Wildman–Crippen MR) is 54.5 cm³/mol. The lowest BCUT2D eigenvalue weighted by molar-refractivity contribution is -0.305. The van der Waals surface area contributed by atoms with Crippen molar-refractivity contribution in [1.29, 1.82) is 0 Å². The number of alkyl halides is 6. The third-order valence-electron chi connectivity index (χ3n) is 2.36. The van der Waals surface area contributed by atoms with Crippen LogP contribution in [0.1, 0.15) is 27.2 Å². The summed E-state index contributed by atoms with van der Waals surface area (Å²) >= 11 is 0. The van der Waals surface area contributed by atoms with Crippen LogP contribution >= 0.6 is 0 Å². The Labute approximate surface area is 106 Å². The van der Waals surface area contributed by atoms with Gasteiger partial charge in [-0.1, -0.05) is 20.8 Å². The standard InChI is InChI=1S/C10H15F6NO2/c1-4-8(9(11,12)13,10(14,15)16)17-7(18)19-5-6(2)3/h6H,4-5H2,1-3H3,(H,17,18). The van der Waals surface area contributed by atoms with Crippen molar-refractivity contribution in [3.8, 4) is 0 Å². The molecule has 0 rings (SSSR count). The fraction of sp³-hybridized carbons (Fsp3) is 0.900. The van der Waals surface area contributed by atoms with Gasteiger partial charge in [-0.2, -0.15) is 26.3 Å². The molecule has 0 aliphatic rings. The van der Waals surface area contributed by atoms with Gasteiger partial charge in [-0.3, -0.25) is 5.32 Å². The quantitative estimate of drug-likeness (QED) is 0.804. The Hall–Kier alpha value is -1.15. The molecule has 3 nitrogen and oxygen atoms in total. The molecule has 0 aromatic rings. The summed E-state index contributed by atoms with van der Waals surface area (Å²) < 4.78 is 80.1. The average molecular weight is 295 g/mol. The molecule has 0 aromatic carbocycles. The molecule has 0 unspecified atom stereocenters. The molecule has 1 amide bonds. The Morgan fingerprint density at radius 3 is 1.79 bits per heavy atom. The fourth-order valence-electron chi connectivity index (χ4n) is 1.24. The minimum absolute atomic E-state index is 0.210. The smallest absolute Gasteiger partial charge is 0.420 e. The van der Waals surface area contributed by atoms with Crippen LogP contribution in [-0.4, -0.2) is 30.6 Å². The van der Waals surface area contributed by atoms with Gasteiger partial charge in [0, 0.05) is 0 Å². The summed E-state index contributed by atoms with van der Waals surface area (Å²) in [5.41, 5.74) is -4.30. The number of hydrogen-bond acceptors (Lipinski definition) is 2. The molecule has 0 saturated heterocycles. The van der Waals surface area contributed by atoms with Crippen molar-refractivity contribution < 1.29 is 35.9 Å². The van der Waals surface area contributed by atoms with Gasteiger partial charge in [-0.15, -0.1) is 0 Å². The molecule has 0 aliphatic carbocycles. The number of halogens is 6. The van der Waals surface area contributed by atoms with Gasteiger partial charge in [0.05, 0.1) is 6.61 Å². The van der Waals surface area contributed by atoms with E-state index in [0.29, 0.717) is 6.92 Å². The number of alkyl carbamates (subject to hydrolysis) is 1. The number of hydrogen-bond donors (Lipinski definition) is 1. The maximum Gasteiger partial charge on any atom is 0.420 e. The normalized spacial score (nSPS) is 13.6. The number of carbonyl (C=O) groups excluding carboxylic acids is 1. The lowest BCUT2D eigenvalue weighted by Gasteiger charge is -2.36. The second-order valence-electron chi connectivity index (χ2n) is 4.37. The second-order valence-corrected chi connectivity index (χ2v) is 4.37. The number of rotatable bonds is 4. The minimum Gasteiger partial charge on any atom is -0.449 e. The summed E-state index contributed by atoms with van der Waals surface area (Å²) in [7, 11) is 0. The highest BCUT2D eigenvalue weighted by Crippen LogP contribution is 2.45. The van der Waals surface area contributed by atoms with Gasteiger partial charge in [0.2, 0.25) is 5.54 Å². The highest BCUT2D eigenvalue weighted by Gasteiger charge is 2.70. The van der Waals surface area contributed by atoms with Crippen molar-refractivity contribution in [3.63, 3.8) is 0 Å². The van der Waals surface area contributed by atoms with Crippen LogP contribution in [0.15, 0.2) is 0 Å². The third-order valence-corrected chi connectivity index (χ3v) is 2.36. The summed E-state index contributed by atoms with van der Waals surface area (Å²) in [6.45, 7) is 3.59. The van der Waals surface area contributed by atoms with Crippen molar-refractivity contribution in [1.82, 2.24) is 5.32 Å². The lowest BCUT2D eigenvalue weighted by Crippen LogP contribution is -2.67. The van der Waals surface area contributed by atoms with Crippen molar-refractivity contribution in [2.75, 3.05) is 6.61 Å². The van der Waals surface area contributed by atoms with Gasteiger partial charge in [-0.25, -0.2) is 4.79 Å². The molecular weight excluding hydrogens is 280 g/mol. The first-order chi connectivity index (χ1) is 8.37. The van der Waals surface area contributed by atoms with E-state index in [4.69, 9.17) is 0 Å². The first kappa shape index (κ1) is 17.8. The van der Waals surface area contributed by atoms with Gasteiger partial charge < -0.3 is 4.74 Å². The van der Waals surface area contributed by atoms with Crippen LogP contribution in [0.25, 0.3) is 0 Å². The molecule has 0 bridgehead atoms. The Morgan fingerprint density at radius 1 is 1.11 bits per heavy atom. The molecule has 0 spiro atoms. The van der Waals surface area contributed by atoms with Crippen LogP contribution < -0.4 is 5.32 Å². The molecule has 0 heterocycles. The van der Waals surface area contributed by atoms with Crippen LogP contribution in [0.5, 0.6) is 0 Å². The van der Waals surface area contributed by atoms with Crippen molar-refractivity contribution in [2.45, 2.75) is 45.1 Å². The molecule has 0 atom stereocenters.